The third kappa shape index (κ3) is 13.1. The van der Waals surface area contributed by atoms with Crippen molar-refractivity contribution < 1.29 is 29.0 Å². The number of aliphatic carboxylic acids is 1. The number of carbonyl (C=O) groups is 3. The van der Waals surface area contributed by atoms with E-state index in [1.165, 1.54) is 5.56 Å². The van der Waals surface area contributed by atoms with E-state index in [2.05, 4.69) is 71.8 Å². The predicted molar refractivity (Wildman–Crippen MR) is 278 cm³/mol. The summed E-state index contributed by atoms with van der Waals surface area (Å²) in [7, 11) is 0. The van der Waals surface area contributed by atoms with Crippen LogP contribution in [0.1, 0.15) is 128 Å². The predicted octanol–water partition coefficient (Wildman–Crippen LogP) is 13.0. The molecule has 2 unspecified atom stereocenters. The van der Waals surface area contributed by atoms with Gasteiger partial charge in [-0.25, -0.2) is 14.4 Å². The molecule has 4 aromatic rings. The zero-order valence-corrected chi connectivity index (χ0v) is 41.6. The van der Waals surface area contributed by atoms with Gasteiger partial charge in [-0.15, -0.1) is 0 Å². The number of ether oxygens (including phenoxy) is 2. The number of rotatable bonds is 3. The lowest BCUT2D eigenvalue weighted by molar-refractivity contribution is -0.130. The van der Waals surface area contributed by atoms with E-state index in [1.807, 2.05) is 72.0 Å². The van der Waals surface area contributed by atoms with Gasteiger partial charge >= 0.3 is 18.2 Å². The van der Waals surface area contributed by atoms with Crippen LogP contribution in [-0.4, -0.2) is 116 Å². The van der Waals surface area contributed by atoms with Crippen LogP contribution in [-0.2, 0) is 14.3 Å². The minimum atomic E-state index is -1.03. The molecule has 362 valence electrons. The summed E-state index contributed by atoms with van der Waals surface area (Å²) >= 11 is 19.6. The summed E-state index contributed by atoms with van der Waals surface area (Å²) < 4.78 is 12.8. The number of amides is 2. The van der Waals surface area contributed by atoms with Crippen LogP contribution in [0.25, 0.3) is 23.3 Å². The standard InChI is InChI=1S/C24H25BrClN3O4.C24H27BrClN3O2.3CH4/c1-24(2,3)33-23(32)29-8-6-28(7-9-29)21-17-5-4-16(26)12-18(17)19(22(30)31)11-14-10-15(25)13-27-20(14)21;1-15-11-16-12-17(25)14-27-21(16)22(19-6-5-18(26)13-20(15)19)28-7-9-29(10-8-28)23(30)31-24(2,3)4;;;/h4-5,10-13,21H,6-9H2,1-3H3,(H,30,31);5-6,11-14,22H,7-10H2,1-4H3;3*1H4. The first-order valence-corrected chi connectivity index (χ1v) is 23.5. The molecule has 0 bridgehead atoms. The van der Waals surface area contributed by atoms with Gasteiger partial charge in [0.1, 0.15) is 11.2 Å². The molecule has 0 saturated carbocycles. The molecular formula is C51H64Br2Cl2N6O6. The fraction of sp³-hybridized carbons (Fsp3) is 0.431. The highest BCUT2D eigenvalue weighted by Gasteiger charge is 2.37. The van der Waals surface area contributed by atoms with Crippen LogP contribution in [0.15, 0.2) is 69.9 Å². The van der Waals surface area contributed by atoms with Gasteiger partial charge in [0.2, 0.25) is 0 Å². The summed E-state index contributed by atoms with van der Waals surface area (Å²) in [4.78, 5) is 54.8. The summed E-state index contributed by atoms with van der Waals surface area (Å²) in [6, 6.07) is 15.1. The maximum absolute atomic E-state index is 12.5. The average Bonchev–Trinajstić information content (AvgIpc) is 3.43. The molecule has 2 aromatic carbocycles. The molecule has 2 aromatic heterocycles. The van der Waals surface area contributed by atoms with E-state index < -0.39 is 17.2 Å². The summed E-state index contributed by atoms with van der Waals surface area (Å²) in [5, 5.41) is 11.2. The Morgan fingerprint density at radius 1 is 0.627 bits per heavy atom. The lowest BCUT2D eigenvalue weighted by Crippen LogP contribution is -2.51. The van der Waals surface area contributed by atoms with Gasteiger partial charge in [-0.1, -0.05) is 57.6 Å². The van der Waals surface area contributed by atoms with E-state index in [0.29, 0.717) is 49.9 Å². The molecule has 4 heterocycles. The Morgan fingerprint density at radius 3 is 1.42 bits per heavy atom. The highest BCUT2D eigenvalue weighted by atomic mass is 79.9. The third-order valence-corrected chi connectivity index (χ3v) is 12.6. The number of aromatic nitrogens is 2. The van der Waals surface area contributed by atoms with Crippen molar-refractivity contribution in [3.05, 3.63) is 125 Å². The number of nitrogens with zero attached hydrogens (tertiary/aromatic N) is 6. The zero-order valence-electron chi connectivity index (χ0n) is 36.9. The monoisotopic (exact) mass is 1080 g/mol. The molecule has 2 saturated heterocycles. The first-order chi connectivity index (χ1) is 30.2. The van der Waals surface area contributed by atoms with Crippen LogP contribution < -0.4 is 0 Å². The van der Waals surface area contributed by atoms with Gasteiger partial charge in [0.05, 0.1) is 29.0 Å². The van der Waals surface area contributed by atoms with E-state index >= 15 is 0 Å². The van der Waals surface area contributed by atoms with Crippen molar-refractivity contribution in [1.29, 1.82) is 0 Å². The van der Waals surface area contributed by atoms with E-state index in [1.54, 1.807) is 34.2 Å². The maximum Gasteiger partial charge on any atom is 0.410 e. The SMILES string of the molecule is C.C.C.CC(C)(C)OC(=O)N1CCN(C2c3ccc(Cl)cc3C(C(=O)O)=Cc3cc(Br)cnc32)CC1.CC1=Cc2cc(Br)cnc2C(N2CCN(C(=O)OC(C)(C)C)CC2)c2ccc(Cl)cc21. The summed E-state index contributed by atoms with van der Waals surface area (Å²) in [5.74, 6) is -1.03. The summed E-state index contributed by atoms with van der Waals surface area (Å²) in [6.45, 7) is 18.2. The molecule has 2 fully saturated rings. The number of halogens is 4. The number of fused-ring (bicyclic) bond motifs is 4. The number of carboxylic acid groups (broad SMARTS) is 1. The molecule has 67 heavy (non-hydrogen) atoms. The van der Waals surface area contributed by atoms with Gasteiger partial charge in [-0.3, -0.25) is 19.8 Å². The fourth-order valence-corrected chi connectivity index (χ4v) is 9.50. The van der Waals surface area contributed by atoms with Crippen molar-refractivity contribution in [3.63, 3.8) is 0 Å². The number of allylic oxidation sites excluding steroid dienone is 1. The van der Waals surface area contributed by atoms with Crippen molar-refractivity contribution in [1.82, 2.24) is 29.6 Å². The highest BCUT2D eigenvalue weighted by Crippen LogP contribution is 2.43. The van der Waals surface area contributed by atoms with Gasteiger partial charge in [-0.2, -0.15) is 0 Å². The number of hydrogen-bond acceptors (Lipinski definition) is 9. The molecule has 2 aliphatic heterocycles. The Hall–Kier alpha value is -4.31. The normalized spacial score (nSPS) is 18.1. The topological polar surface area (TPSA) is 129 Å². The second-order valence-electron chi connectivity index (χ2n) is 18.2. The molecule has 2 amide bonds. The number of piperazine rings is 2. The molecule has 0 spiro atoms. The molecule has 8 rings (SSSR count). The fourth-order valence-electron chi connectivity index (χ4n) is 8.46. The minimum absolute atomic E-state index is 0. The zero-order chi connectivity index (χ0) is 46.2. The molecule has 1 N–H and O–H groups in total. The maximum atomic E-state index is 12.5. The van der Waals surface area contributed by atoms with E-state index in [-0.39, 0.29) is 52.1 Å². The largest absolute Gasteiger partial charge is 0.478 e. The van der Waals surface area contributed by atoms with Crippen molar-refractivity contribution in [2.24, 2.45) is 0 Å². The molecule has 4 aliphatic rings. The van der Waals surface area contributed by atoms with Gasteiger partial charge in [0.25, 0.3) is 0 Å². The third-order valence-electron chi connectivity index (χ3n) is 11.2. The Kier molecular flexibility index (Phi) is 18.5. The van der Waals surface area contributed by atoms with Gasteiger partial charge in [0, 0.05) is 83.7 Å². The Bertz CT molecular complexity index is 2520. The number of hydrogen-bond donors (Lipinski definition) is 1. The first kappa shape index (κ1) is 55.3. The molecule has 0 radical (unpaired) electrons. The van der Waals surface area contributed by atoms with Crippen LogP contribution in [0.5, 0.6) is 0 Å². The molecule has 12 nitrogen and oxygen atoms in total. The van der Waals surface area contributed by atoms with Crippen molar-refractivity contribution in [2.75, 3.05) is 52.4 Å². The molecule has 2 atom stereocenters. The second-order valence-corrected chi connectivity index (χ2v) is 20.9. The summed E-state index contributed by atoms with van der Waals surface area (Å²) in [5.41, 5.74) is 7.63. The van der Waals surface area contributed by atoms with Crippen LogP contribution in [0, 0.1) is 0 Å². The van der Waals surface area contributed by atoms with Crippen LogP contribution in [0.2, 0.25) is 10.0 Å². The summed E-state index contributed by atoms with van der Waals surface area (Å²) in [6.07, 6.45) is 6.83. The van der Waals surface area contributed by atoms with Gasteiger partial charge < -0.3 is 24.4 Å². The van der Waals surface area contributed by atoms with E-state index in [9.17, 15) is 19.5 Å². The van der Waals surface area contributed by atoms with Crippen molar-refractivity contribution in [3.8, 4) is 0 Å². The number of carboxylic acids is 1. The van der Waals surface area contributed by atoms with Crippen LogP contribution in [0.3, 0.4) is 0 Å². The minimum Gasteiger partial charge on any atom is -0.478 e. The number of carbonyl (C=O) groups excluding carboxylic acids is 2. The lowest BCUT2D eigenvalue weighted by atomic mass is 9.93. The Morgan fingerprint density at radius 2 is 1.01 bits per heavy atom. The molecule has 2 aliphatic carbocycles. The van der Waals surface area contributed by atoms with Gasteiger partial charge in [0.15, 0.2) is 0 Å². The van der Waals surface area contributed by atoms with Gasteiger partial charge in [-0.05, 0) is 168 Å². The van der Waals surface area contributed by atoms with Crippen LogP contribution in [0.4, 0.5) is 9.59 Å². The number of pyridine rings is 2. The van der Waals surface area contributed by atoms with Crippen molar-refractivity contribution >= 4 is 96.5 Å². The molecule has 16 heteroatoms. The Labute approximate surface area is 423 Å². The molecular weight excluding hydrogens is 1020 g/mol. The highest BCUT2D eigenvalue weighted by molar-refractivity contribution is 9.10. The average molecular weight is 1090 g/mol. The smallest absolute Gasteiger partial charge is 0.410 e. The number of benzene rings is 2. The second kappa shape index (κ2) is 22.4. The lowest BCUT2D eigenvalue weighted by Gasteiger charge is -2.40. The van der Waals surface area contributed by atoms with E-state index in [0.717, 1.165) is 66.3 Å². The Balaban J connectivity index is 0.000000280. The first-order valence-electron chi connectivity index (χ1n) is 21.1. The van der Waals surface area contributed by atoms with Crippen molar-refractivity contribution in [2.45, 2.75) is 94.0 Å². The van der Waals surface area contributed by atoms with Crippen LogP contribution >= 0.6 is 55.1 Å². The van der Waals surface area contributed by atoms with E-state index in [4.69, 9.17) is 37.7 Å². The quantitative estimate of drug-likeness (QED) is 0.212.